The van der Waals surface area contributed by atoms with Crippen LogP contribution in [-0.2, 0) is 4.79 Å². The zero-order chi connectivity index (χ0) is 12.3. The molecule has 6 nitrogen and oxygen atoms in total. The fourth-order valence-electron chi connectivity index (χ4n) is 1.85. The van der Waals surface area contributed by atoms with Crippen LogP contribution in [0.5, 0.6) is 0 Å². The van der Waals surface area contributed by atoms with Gasteiger partial charge in [0.1, 0.15) is 5.00 Å². The van der Waals surface area contributed by atoms with Gasteiger partial charge in [-0.2, -0.15) is 0 Å². The van der Waals surface area contributed by atoms with Gasteiger partial charge in [0.2, 0.25) is 5.91 Å². The van der Waals surface area contributed by atoms with Gasteiger partial charge in [-0.25, -0.2) is 0 Å². The molecular formula is C10H17N5OS. The summed E-state index contributed by atoms with van der Waals surface area (Å²) in [5.74, 6) is -0.00884. The fourth-order valence-corrected chi connectivity index (χ4v) is 2.27. The molecule has 1 amide bonds. The Morgan fingerprint density at radius 2 is 2.24 bits per heavy atom. The highest BCUT2D eigenvalue weighted by Crippen LogP contribution is 2.19. The van der Waals surface area contributed by atoms with Gasteiger partial charge in [-0.15, -0.1) is 5.10 Å². The molecule has 1 fully saturated rings. The fraction of sp³-hybridized carbons (Fsp3) is 0.700. The first-order valence-corrected chi connectivity index (χ1v) is 6.42. The minimum absolute atomic E-state index is 0.00884. The largest absolute Gasteiger partial charge is 0.314 e. The Kier molecular flexibility index (Phi) is 3.70. The highest BCUT2D eigenvalue weighted by atomic mass is 32.1. The summed E-state index contributed by atoms with van der Waals surface area (Å²) in [5.41, 5.74) is -0.508. The number of hydrogen-bond acceptors (Lipinski definition) is 6. The van der Waals surface area contributed by atoms with Crippen molar-refractivity contribution in [1.29, 1.82) is 0 Å². The van der Waals surface area contributed by atoms with Crippen molar-refractivity contribution in [3.05, 3.63) is 6.20 Å². The molecule has 2 N–H and O–H groups in total. The van der Waals surface area contributed by atoms with Crippen molar-refractivity contribution in [1.82, 2.24) is 19.8 Å². The highest BCUT2D eigenvalue weighted by Gasteiger charge is 2.35. The lowest BCUT2D eigenvalue weighted by atomic mass is 10.0. The molecule has 2 rings (SSSR count). The van der Waals surface area contributed by atoms with E-state index in [-0.39, 0.29) is 5.91 Å². The van der Waals surface area contributed by atoms with Crippen molar-refractivity contribution in [3.8, 4) is 0 Å². The van der Waals surface area contributed by atoms with Gasteiger partial charge < -0.3 is 10.6 Å². The Bertz CT molecular complexity index is 372. The average Bonchev–Trinajstić information content (AvgIpc) is 2.83. The molecule has 1 aromatic rings. The summed E-state index contributed by atoms with van der Waals surface area (Å²) < 4.78 is 3.72. The first kappa shape index (κ1) is 12.4. The van der Waals surface area contributed by atoms with Gasteiger partial charge in [-0.1, -0.05) is 4.49 Å². The predicted octanol–water partition coefficient (Wildman–Crippen LogP) is 0.160. The Hall–Kier alpha value is -1.05. The number of anilines is 1. The van der Waals surface area contributed by atoms with Crippen LogP contribution in [0.25, 0.3) is 0 Å². The molecule has 0 atom stereocenters. The minimum atomic E-state index is -0.508. The van der Waals surface area contributed by atoms with Gasteiger partial charge in [0.15, 0.2) is 0 Å². The summed E-state index contributed by atoms with van der Waals surface area (Å²) in [7, 11) is 0. The molecular weight excluding hydrogens is 238 g/mol. The normalized spacial score (nSPS) is 18.0. The third-order valence-corrected chi connectivity index (χ3v) is 3.64. The summed E-state index contributed by atoms with van der Waals surface area (Å²) in [4.78, 5) is 14.4. The predicted molar refractivity (Wildman–Crippen MR) is 67.1 cm³/mol. The second-order valence-electron chi connectivity index (χ2n) is 4.53. The maximum atomic E-state index is 12.2. The van der Waals surface area contributed by atoms with Crippen LogP contribution in [0.1, 0.15) is 13.8 Å². The van der Waals surface area contributed by atoms with Crippen molar-refractivity contribution in [2.75, 3.05) is 31.5 Å². The molecule has 0 bridgehead atoms. The van der Waals surface area contributed by atoms with Crippen molar-refractivity contribution in [2.24, 2.45) is 0 Å². The highest BCUT2D eigenvalue weighted by molar-refractivity contribution is 7.10. The minimum Gasteiger partial charge on any atom is -0.314 e. The van der Waals surface area contributed by atoms with E-state index in [2.05, 4.69) is 25.1 Å². The molecule has 7 heteroatoms. The molecule has 0 radical (unpaired) electrons. The van der Waals surface area contributed by atoms with Crippen LogP contribution in [0.3, 0.4) is 0 Å². The molecule has 2 heterocycles. The second-order valence-corrected chi connectivity index (χ2v) is 5.32. The molecule has 1 saturated heterocycles. The number of amides is 1. The van der Waals surface area contributed by atoms with E-state index in [1.807, 2.05) is 13.8 Å². The van der Waals surface area contributed by atoms with E-state index in [1.165, 1.54) is 11.5 Å². The van der Waals surface area contributed by atoms with Gasteiger partial charge >= 0.3 is 0 Å². The molecule has 1 aliphatic heterocycles. The molecule has 1 aromatic heterocycles. The van der Waals surface area contributed by atoms with Crippen LogP contribution in [0.4, 0.5) is 5.00 Å². The van der Waals surface area contributed by atoms with Crippen molar-refractivity contribution in [3.63, 3.8) is 0 Å². The number of nitrogens with zero attached hydrogens (tertiary/aromatic N) is 3. The third-order valence-electron chi connectivity index (χ3n) is 3.06. The molecule has 0 spiro atoms. The molecule has 0 aliphatic carbocycles. The van der Waals surface area contributed by atoms with E-state index in [9.17, 15) is 4.79 Å². The average molecular weight is 255 g/mol. The van der Waals surface area contributed by atoms with Crippen LogP contribution < -0.4 is 10.6 Å². The van der Waals surface area contributed by atoms with E-state index >= 15 is 0 Å². The van der Waals surface area contributed by atoms with Gasteiger partial charge in [0.25, 0.3) is 0 Å². The topological polar surface area (TPSA) is 70.2 Å². The SMILES string of the molecule is CC(C)(C(=O)Nc1cnns1)N1CCNCC1. The zero-order valence-electron chi connectivity index (χ0n) is 10.1. The van der Waals surface area contributed by atoms with Crippen molar-refractivity contribution < 1.29 is 4.79 Å². The number of carbonyl (C=O) groups is 1. The summed E-state index contributed by atoms with van der Waals surface area (Å²) in [5, 5.41) is 10.5. The van der Waals surface area contributed by atoms with Crippen LogP contribution in [0, 0.1) is 0 Å². The lowest BCUT2D eigenvalue weighted by molar-refractivity contribution is -0.126. The summed E-state index contributed by atoms with van der Waals surface area (Å²) >= 11 is 1.19. The molecule has 0 unspecified atom stereocenters. The molecule has 1 aliphatic rings. The van der Waals surface area contributed by atoms with Crippen LogP contribution in [0.15, 0.2) is 6.20 Å². The lowest BCUT2D eigenvalue weighted by Crippen LogP contribution is -2.58. The second kappa shape index (κ2) is 5.07. The van der Waals surface area contributed by atoms with Gasteiger partial charge in [-0.05, 0) is 13.8 Å². The van der Waals surface area contributed by atoms with E-state index in [0.29, 0.717) is 5.00 Å². The number of piperazine rings is 1. The van der Waals surface area contributed by atoms with E-state index in [4.69, 9.17) is 0 Å². The lowest BCUT2D eigenvalue weighted by Gasteiger charge is -2.39. The number of aromatic nitrogens is 2. The van der Waals surface area contributed by atoms with E-state index in [1.54, 1.807) is 6.20 Å². The van der Waals surface area contributed by atoms with Crippen LogP contribution in [-0.4, -0.2) is 52.1 Å². The summed E-state index contributed by atoms with van der Waals surface area (Å²) in [6.07, 6.45) is 1.57. The van der Waals surface area contributed by atoms with Gasteiger partial charge in [0.05, 0.1) is 11.7 Å². The van der Waals surface area contributed by atoms with Gasteiger partial charge in [0, 0.05) is 37.7 Å². The zero-order valence-corrected chi connectivity index (χ0v) is 10.9. The van der Waals surface area contributed by atoms with Crippen LogP contribution >= 0.6 is 11.5 Å². The Morgan fingerprint density at radius 1 is 1.53 bits per heavy atom. The number of nitrogens with one attached hydrogen (secondary N) is 2. The molecule has 0 saturated carbocycles. The Balaban J connectivity index is 2.00. The molecule has 94 valence electrons. The van der Waals surface area contributed by atoms with Crippen LogP contribution in [0.2, 0.25) is 0 Å². The third kappa shape index (κ3) is 2.80. The summed E-state index contributed by atoms with van der Waals surface area (Å²) in [6, 6.07) is 0. The first-order chi connectivity index (χ1) is 8.10. The number of rotatable bonds is 3. The Morgan fingerprint density at radius 3 is 2.82 bits per heavy atom. The van der Waals surface area contributed by atoms with Crippen molar-refractivity contribution in [2.45, 2.75) is 19.4 Å². The van der Waals surface area contributed by atoms with E-state index in [0.717, 1.165) is 26.2 Å². The van der Waals surface area contributed by atoms with Gasteiger partial charge in [-0.3, -0.25) is 9.69 Å². The summed E-state index contributed by atoms with van der Waals surface area (Å²) in [6.45, 7) is 7.53. The Labute approximate surface area is 105 Å². The van der Waals surface area contributed by atoms with Crippen molar-refractivity contribution >= 4 is 22.4 Å². The maximum Gasteiger partial charge on any atom is 0.245 e. The molecule has 17 heavy (non-hydrogen) atoms. The quantitative estimate of drug-likeness (QED) is 0.805. The smallest absolute Gasteiger partial charge is 0.245 e. The number of hydrogen-bond donors (Lipinski definition) is 2. The van der Waals surface area contributed by atoms with E-state index < -0.39 is 5.54 Å². The standard InChI is InChI=1S/C10H17N5OS/c1-10(2,15-5-3-11-4-6-15)9(16)13-8-7-12-14-17-8/h7,11H,3-6H2,1-2H3,(H,13,16). The first-order valence-electron chi connectivity index (χ1n) is 5.65. The number of carbonyl (C=O) groups excluding carboxylic acids is 1. The molecule has 0 aromatic carbocycles. The monoisotopic (exact) mass is 255 g/mol. The maximum absolute atomic E-state index is 12.2.